The molecule has 0 radical (unpaired) electrons. The van der Waals surface area contributed by atoms with Crippen molar-refractivity contribution in [3.8, 4) is 0 Å². The second-order valence-electron chi connectivity index (χ2n) is 5.70. The molecule has 1 saturated heterocycles. The smallest absolute Gasteiger partial charge is 0.0700 e. The van der Waals surface area contributed by atoms with Gasteiger partial charge in [0.05, 0.1) is 13.2 Å². The van der Waals surface area contributed by atoms with E-state index in [4.69, 9.17) is 9.47 Å². The normalized spacial score (nSPS) is 24.3. The van der Waals surface area contributed by atoms with Crippen molar-refractivity contribution in [1.29, 1.82) is 0 Å². The van der Waals surface area contributed by atoms with Gasteiger partial charge in [-0.15, -0.1) is 0 Å². The first kappa shape index (κ1) is 15.9. The summed E-state index contributed by atoms with van der Waals surface area (Å²) in [6.07, 6.45) is 2.31. The molecule has 108 valence electrons. The summed E-state index contributed by atoms with van der Waals surface area (Å²) in [6, 6.07) is 0.646. The van der Waals surface area contributed by atoms with Crippen LogP contribution in [0.2, 0.25) is 0 Å². The van der Waals surface area contributed by atoms with Gasteiger partial charge in [0.1, 0.15) is 0 Å². The van der Waals surface area contributed by atoms with Gasteiger partial charge in [-0.25, -0.2) is 0 Å². The van der Waals surface area contributed by atoms with Gasteiger partial charge in [-0.05, 0) is 26.7 Å². The summed E-state index contributed by atoms with van der Waals surface area (Å²) >= 11 is 0. The third-order valence-corrected chi connectivity index (χ3v) is 3.76. The Bertz CT molecular complexity index is 222. The zero-order valence-corrected chi connectivity index (χ0v) is 12.5. The Kier molecular flexibility index (Phi) is 7.15. The van der Waals surface area contributed by atoms with Gasteiger partial charge in [-0.1, -0.05) is 6.92 Å². The van der Waals surface area contributed by atoms with E-state index < -0.39 is 0 Å². The van der Waals surface area contributed by atoms with E-state index in [1.807, 2.05) is 0 Å². The molecule has 0 aliphatic carbocycles. The number of rotatable bonds is 8. The molecule has 0 spiro atoms. The number of hydrogen-bond acceptors (Lipinski definition) is 4. The van der Waals surface area contributed by atoms with Crippen LogP contribution in [0.3, 0.4) is 0 Å². The van der Waals surface area contributed by atoms with Crippen molar-refractivity contribution >= 4 is 0 Å². The molecule has 1 rings (SSSR count). The van der Waals surface area contributed by atoms with Crippen molar-refractivity contribution in [2.75, 3.05) is 46.6 Å². The number of hydrogen-bond donors (Lipinski definition) is 1. The van der Waals surface area contributed by atoms with Crippen LogP contribution in [-0.2, 0) is 9.47 Å². The summed E-state index contributed by atoms with van der Waals surface area (Å²) in [7, 11) is 1.71. The quantitative estimate of drug-likeness (QED) is 0.669. The first-order valence-corrected chi connectivity index (χ1v) is 7.15. The lowest BCUT2D eigenvalue weighted by Gasteiger charge is -2.46. The van der Waals surface area contributed by atoms with E-state index in [1.54, 1.807) is 7.11 Å². The summed E-state index contributed by atoms with van der Waals surface area (Å²) in [5.74, 6) is 0. The minimum Gasteiger partial charge on any atom is -0.382 e. The fourth-order valence-electron chi connectivity index (χ4n) is 2.35. The molecule has 0 aromatic rings. The van der Waals surface area contributed by atoms with Gasteiger partial charge in [0.25, 0.3) is 0 Å². The average Bonchev–Trinajstić information content (AvgIpc) is 2.35. The van der Waals surface area contributed by atoms with Crippen LogP contribution in [0.1, 0.15) is 33.6 Å². The SMILES string of the molecule is CCC1CN(CCCOCCOC)C(C)(C)CN1. The highest BCUT2D eigenvalue weighted by Crippen LogP contribution is 2.19. The molecule has 4 heteroatoms. The van der Waals surface area contributed by atoms with Gasteiger partial charge >= 0.3 is 0 Å². The van der Waals surface area contributed by atoms with E-state index in [0.29, 0.717) is 19.3 Å². The largest absolute Gasteiger partial charge is 0.382 e. The first-order valence-electron chi connectivity index (χ1n) is 7.15. The summed E-state index contributed by atoms with van der Waals surface area (Å²) in [4.78, 5) is 2.59. The molecule has 1 heterocycles. The Morgan fingerprint density at radius 1 is 1.28 bits per heavy atom. The van der Waals surface area contributed by atoms with Gasteiger partial charge in [0.15, 0.2) is 0 Å². The lowest BCUT2D eigenvalue weighted by Crippen LogP contribution is -2.61. The highest BCUT2D eigenvalue weighted by atomic mass is 16.5. The highest BCUT2D eigenvalue weighted by Gasteiger charge is 2.32. The lowest BCUT2D eigenvalue weighted by atomic mass is 9.96. The second kappa shape index (κ2) is 8.10. The Morgan fingerprint density at radius 2 is 2.06 bits per heavy atom. The van der Waals surface area contributed by atoms with Crippen LogP contribution in [0.15, 0.2) is 0 Å². The highest BCUT2D eigenvalue weighted by molar-refractivity contribution is 4.92. The summed E-state index contributed by atoms with van der Waals surface area (Å²) in [5.41, 5.74) is 0.262. The number of nitrogens with one attached hydrogen (secondary N) is 1. The number of methoxy groups -OCH3 is 1. The standard InChI is InChI=1S/C14H30N2O2/c1-5-13-11-16(14(2,3)12-15-13)7-6-8-18-10-9-17-4/h13,15H,5-12H2,1-4H3. The molecule has 1 atom stereocenters. The van der Waals surface area contributed by atoms with Gasteiger partial charge in [0, 0.05) is 44.9 Å². The molecule has 1 N–H and O–H groups in total. The first-order chi connectivity index (χ1) is 8.60. The van der Waals surface area contributed by atoms with Crippen LogP contribution in [0.5, 0.6) is 0 Å². The van der Waals surface area contributed by atoms with E-state index >= 15 is 0 Å². The van der Waals surface area contributed by atoms with Gasteiger partial charge < -0.3 is 14.8 Å². The zero-order valence-electron chi connectivity index (χ0n) is 12.5. The molecule has 18 heavy (non-hydrogen) atoms. The van der Waals surface area contributed by atoms with Crippen molar-refractivity contribution in [3.63, 3.8) is 0 Å². The molecule has 4 nitrogen and oxygen atoms in total. The maximum absolute atomic E-state index is 5.52. The van der Waals surface area contributed by atoms with Gasteiger partial charge in [0.2, 0.25) is 0 Å². The summed E-state index contributed by atoms with van der Waals surface area (Å²) in [5, 5.41) is 3.62. The molecule has 0 saturated carbocycles. The third-order valence-electron chi connectivity index (χ3n) is 3.76. The minimum atomic E-state index is 0.262. The number of nitrogens with zero attached hydrogens (tertiary/aromatic N) is 1. The Balaban J connectivity index is 2.21. The lowest BCUT2D eigenvalue weighted by molar-refractivity contribution is 0.0386. The number of piperazine rings is 1. The average molecular weight is 258 g/mol. The van der Waals surface area contributed by atoms with Crippen molar-refractivity contribution in [2.45, 2.75) is 45.2 Å². The third kappa shape index (κ3) is 5.22. The molecular formula is C14H30N2O2. The fourth-order valence-corrected chi connectivity index (χ4v) is 2.35. The predicted molar refractivity (Wildman–Crippen MR) is 75.0 cm³/mol. The predicted octanol–water partition coefficient (Wildman–Crippen LogP) is 1.50. The van der Waals surface area contributed by atoms with E-state index in [9.17, 15) is 0 Å². The molecule has 1 aliphatic rings. The van der Waals surface area contributed by atoms with Gasteiger partial charge in [-0.3, -0.25) is 4.90 Å². The van der Waals surface area contributed by atoms with Crippen LogP contribution in [0.4, 0.5) is 0 Å². The van der Waals surface area contributed by atoms with Gasteiger partial charge in [-0.2, -0.15) is 0 Å². The van der Waals surface area contributed by atoms with Crippen molar-refractivity contribution < 1.29 is 9.47 Å². The van der Waals surface area contributed by atoms with Crippen LogP contribution >= 0.6 is 0 Å². The van der Waals surface area contributed by atoms with Crippen LogP contribution < -0.4 is 5.32 Å². The van der Waals surface area contributed by atoms with E-state index in [1.165, 1.54) is 6.42 Å². The Morgan fingerprint density at radius 3 is 2.72 bits per heavy atom. The van der Waals surface area contributed by atoms with Crippen molar-refractivity contribution in [3.05, 3.63) is 0 Å². The van der Waals surface area contributed by atoms with Crippen molar-refractivity contribution in [1.82, 2.24) is 10.2 Å². The van der Waals surface area contributed by atoms with Crippen molar-refractivity contribution in [2.24, 2.45) is 0 Å². The molecule has 0 amide bonds. The van der Waals surface area contributed by atoms with Crippen LogP contribution in [0.25, 0.3) is 0 Å². The van der Waals surface area contributed by atoms with Crippen LogP contribution in [-0.4, -0.2) is 63.0 Å². The maximum Gasteiger partial charge on any atom is 0.0700 e. The second-order valence-corrected chi connectivity index (χ2v) is 5.70. The summed E-state index contributed by atoms with van der Waals surface area (Å²) < 4.78 is 10.5. The zero-order chi connectivity index (χ0) is 13.4. The molecule has 0 aromatic heterocycles. The topological polar surface area (TPSA) is 33.7 Å². The van der Waals surface area contributed by atoms with E-state index in [0.717, 1.165) is 32.7 Å². The Hall–Kier alpha value is -0.160. The Labute approximate surface area is 112 Å². The minimum absolute atomic E-state index is 0.262. The summed E-state index contributed by atoms with van der Waals surface area (Å²) in [6.45, 7) is 12.5. The molecular weight excluding hydrogens is 228 g/mol. The van der Waals surface area contributed by atoms with E-state index in [2.05, 4.69) is 31.0 Å². The maximum atomic E-state index is 5.52. The van der Waals surface area contributed by atoms with E-state index in [-0.39, 0.29) is 5.54 Å². The monoisotopic (exact) mass is 258 g/mol. The molecule has 0 bridgehead atoms. The number of ether oxygens (including phenoxy) is 2. The molecule has 0 aromatic carbocycles. The molecule has 1 unspecified atom stereocenters. The fraction of sp³-hybridized carbons (Fsp3) is 1.00. The molecule has 1 aliphatic heterocycles. The molecule has 1 fully saturated rings. The van der Waals surface area contributed by atoms with Crippen LogP contribution in [0, 0.1) is 0 Å².